The van der Waals surface area contributed by atoms with Crippen LogP contribution in [0.3, 0.4) is 0 Å². The van der Waals surface area contributed by atoms with Crippen LogP contribution >= 0.6 is 11.6 Å². The molecule has 0 radical (unpaired) electrons. The summed E-state index contributed by atoms with van der Waals surface area (Å²) in [6.45, 7) is 3.79. The van der Waals surface area contributed by atoms with Gasteiger partial charge in [-0.2, -0.15) is 0 Å². The van der Waals surface area contributed by atoms with Gasteiger partial charge in [-0.1, -0.05) is 11.6 Å². The van der Waals surface area contributed by atoms with E-state index in [9.17, 15) is 9.59 Å². The second kappa shape index (κ2) is 8.41. The van der Waals surface area contributed by atoms with E-state index < -0.39 is 0 Å². The van der Waals surface area contributed by atoms with Crippen LogP contribution in [-0.4, -0.2) is 67.2 Å². The van der Waals surface area contributed by atoms with E-state index in [2.05, 4.69) is 10.2 Å². The number of ether oxygens (including phenoxy) is 2. The molecular formula is C20H24ClN3O4. The van der Waals surface area contributed by atoms with Gasteiger partial charge in [0.05, 0.1) is 5.02 Å². The van der Waals surface area contributed by atoms with Crippen molar-refractivity contribution in [2.75, 3.05) is 39.5 Å². The second-order valence-electron chi connectivity index (χ2n) is 7.33. The highest BCUT2D eigenvalue weighted by Crippen LogP contribution is 2.40. The van der Waals surface area contributed by atoms with Gasteiger partial charge in [0.1, 0.15) is 0 Å². The molecule has 0 atom stereocenters. The van der Waals surface area contributed by atoms with Gasteiger partial charge in [0.15, 0.2) is 11.5 Å². The zero-order valence-corrected chi connectivity index (χ0v) is 16.4. The molecule has 2 aliphatic heterocycles. The van der Waals surface area contributed by atoms with E-state index in [1.807, 2.05) is 11.0 Å². The van der Waals surface area contributed by atoms with Crippen LogP contribution in [-0.2, 0) is 9.59 Å². The first-order valence-electron chi connectivity index (χ1n) is 9.66. The average molecular weight is 406 g/mol. The van der Waals surface area contributed by atoms with E-state index in [4.69, 9.17) is 21.1 Å². The van der Waals surface area contributed by atoms with Gasteiger partial charge in [-0.15, -0.1) is 0 Å². The van der Waals surface area contributed by atoms with Gasteiger partial charge in [0.25, 0.3) is 0 Å². The Balaban J connectivity index is 1.23. The van der Waals surface area contributed by atoms with Crippen molar-refractivity contribution >= 4 is 29.5 Å². The molecule has 0 spiro atoms. The summed E-state index contributed by atoms with van der Waals surface area (Å²) in [4.78, 5) is 28.3. The minimum Gasteiger partial charge on any atom is -0.454 e. The van der Waals surface area contributed by atoms with Crippen LogP contribution in [0.1, 0.15) is 24.8 Å². The number of nitrogens with one attached hydrogen (secondary N) is 1. The number of hydrogen-bond donors (Lipinski definition) is 1. The molecule has 1 aromatic rings. The Labute approximate surface area is 169 Å². The van der Waals surface area contributed by atoms with Crippen LogP contribution in [0.25, 0.3) is 6.08 Å². The number of carbonyl (C=O) groups excluding carboxylic acids is 2. The van der Waals surface area contributed by atoms with Crippen LogP contribution in [0.5, 0.6) is 11.5 Å². The predicted octanol–water partition coefficient (Wildman–Crippen LogP) is 1.89. The van der Waals surface area contributed by atoms with Crippen LogP contribution in [0.2, 0.25) is 5.02 Å². The molecule has 0 bridgehead atoms. The number of benzene rings is 1. The monoisotopic (exact) mass is 405 g/mol. The number of fused-ring (bicyclic) bond motifs is 1. The van der Waals surface area contributed by atoms with Gasteiger partial charge in [-0.25, -0.2) is 0 Å². The Hall–Kier alpha value is -2.25. The topological polar surface area (TPSA) is 71.1 Å². The molecule has 8 heteroatoms. The molecule has 2 amide bonds. The minimum absolute atomic E-state index is 0.0279. The third kappa shape index (κ3) is 4.77. The fourth-order valence-electron chi connectivity index (χ4n) is 3.34. The van der Waals surface area contributed by atoms with E-state index in [0.29, 0.717) is 42.1 Å². The molecular weight excluding hydrogens is 382 g/mol. The first kappa shape index (κ1) is 19.1. The Bertz CT molecular complexity index is 786. The molecule has 3 aliphatic rings. The molecule has 2 fully saturated rings. The predicted molar refractivity (Wildman–Crippen MR) is 105 cm³/mol. The summed E-state index contributed by atoms with van der Waals surface area (Å²) in [6, 6.07) is 3.97. The summed E-state index contributed by atoms with van der Waals surface area (Å²) >= 11 is 6.17. The summed E-state index contributed by atoms with van der Waals surface area (Å²) in [5.74, 6) is 1.25. The van der Waals surface area contributed by atoms with E-state index in [-0.39, 0.29) is 18.6 Å². The van der Waals surface area contributed by atoms with Gasteiger partial charge in [-0.05, 0) is 36.6 Å². The lowest BCUT2D eigenvalue weighted by atomic mass is 10.2. The van der Waals surface area contributed by atoms with Crippen molar-refractivity contribution in [2.45, 2.75) is 25.3 Å². The summed E-state index contributed by atoms with van der Waals surface area (Å²) in [5, 5.41) is 3.48. The number of carbonyl (C=O) groups is 2. The highest BCUT2D eigenvalue weighted by Gasteiger charge is 2.24. The zero-order chi connectivity index (χ0) is 19.5. The summed E-state index contributed by atoms with van der Waals surface area (Å²) in [5.41, 5.74) is 0.794. The summed E-state index contributed by atoms with van der Waals surface area (Å²) < 4.78 is 10.6. The van der Waals surface area contributed by atoms with Crippen molar-refractivity contribution in [3.63, 3.8) is 0 Å². The minimum atomic E-state index is -0.0279. The first-order chi connectivity index (χ1) is 13.6. The van der Waals surface area contributed by atoms with Crippen molar-refractivity contribution in [2.24, 2.45) is 0 Å². The normalized spacial score (nSPS) is 19.2. The van der Waals surface area contributed by atoms with Gasteiger partial charge in [0, 0.05) is 51.3 Å². The fourth-order valence-corrected chi connectivity index (χ4v) is 3.61. The Kier molecular flexibility index (Phi) is 5.73. The van der Waals surface area contributed by atoms with Crippen molar-refractivity contribution in [1.82, 2.24) is 15.1 Å². The quantitative estimate of drug-likeness (QED) is 0.732. The van der Waals surface area contributed by atoms with Crippen molar-refractivity contribution < 1.29 is 19.1 Å². The van der Waals surface area contributed by atoms with E-state index in [0.717, 1.165) is 38.0 Å². The van der Waals surface area contributed by atoms with Crippen molar-refractivity contribution in [1.29, 1.82) is 0 Å². The molecule has 1 saturated carbocycles. The highest BCUT2D eigenvalue weighted by molar-refractivity contribution is 6.32. The van der Waals surface area contributed by atoms with Gasteiger partial charge in [0.2, 0.25) is 18.6 Å². The van der Waals surface area contributed by atoms with Gasteiger partial charge < -0.3 is 19.7 Å². The number of rotatable bonds is 6. The third-order valence-corrected chi connectivity index (χ3v) is 5.43. The zero-order valence-electron chi connectivity index (χ0n) is 15.7. The maximum absolute atomic E-state index is 12.5. The fraction of sp³-hybridized carbons (Fsp3) is 0.500. The van der Waals surface area contributed by atoms with E-state index >= 15 is 0 Å². The maximum atomic E-state index is 12.5. The first-order valence-corrected chi connectivity index (χ1v) is 10.0. The number of piperazine rings is 1. The molecule has 0 unspecified atom stereocenters. The largest absolute Gasteiger partial charge is 0.454 e. The molecule has 1 saturated heterocycles. The van der Waals surface area contributed by atoms with Crippen molar-refractivity contribution in [3.05, 3.63) is 28.8 Å². The van der Waals surface area contributed by atoms with Crippen LogP contribution < -0.4 is 14.8 Å². The smallest absolute Gasteiger partial charge is 0.246 e. The third-order valence-electron chi connectivity index (χ3n) is 5.15. The molecule has 28 heavy (non-hydrogen) atoms. The molecule has 1 aliphatic carbocycles. The number of halogens is 1. The Morgan fingerprint density at radius 1 is 1.18 bits per heavy atom. The maximum Gasteiger partial charge on any atom is 0.246 e. The van der Waals surface area contributed by atoms with E-state index in [1.165, 1.54) is 0 Å². The second-order valence-corrected chi connectivity index (χ2v) is 7.74. The lowest BCUT2D eigenvalue weighted by Gasteiger charge is -2.34. The number of hydrogen-bond acceptors (Lipinski definition) is 5. The SMILES string of the molecule is O=C(CCN1CCN(C(=O)C=Cc2cc(Cl)c3c(c2)OCO3)CC1)NC1CC1. The molecule has 2 heterocycles. The molecule has 0 aromatic heterocycles. The standard InChI is InChI=1S/C20H24ClN3O4/c21-16-11-14(12-17-20(16)28-13-27-17)1-4-19(26)24-9-7-23(8-10-24)6-5-18(25)22-15-2-3-15/h1,4,11-12,15H,2-3,5-10,13H2,(H,22,25). The Morgan fingerprint density at radius 2 is 1.96 bits per heavy atom. The molecule has 1 N–H and O–H groups in total. The lowest BCUT2D eigenvalue weighted by Crippen LogP contribution is -2.48. The number of nitrogens with zero attached hydrogens (tertiary/aromatic N) is 2. The molecule has 150 valence electrons. The molecule has 7 nitrogen and oxygen atoms in total. The summed E-state index contributed by atoms with van der Waals surface area (Å²) in [6.07, 6.45) is 6.05. The Morgan fingerprint density at radius 3 is 2.71 bits per heavy atom. The summed E-state index contributed by atoms with van der Waals surface area (Å²) in [7, 11) is 0. The van der Waals surface area contributed by atoms with Crippen molar-refractivity contribution in [3.8, 4) is 11.5 Å². The van der Waals surface area contributed by atoms with E-state index in [1.54, 1.807) is 18.2 Å². The average Bonchev–Trinajstić information content (AvgIpc) is 3.37. The molecule has 1 aromatic carbocycles. The van der Waals surface area contributed by atoms with Gasteiger partial charge >= 0.3 is 0 Å². The lowest BCUT2D eigenvalue weighted by molar-refractivity contribution is -0.128. The highest BCUT2D eigenvalue weighted by atomic mass is 35.5. The van der Waals surface area contributed by atoms with Crippen LogP contribution in [0, 0.1) is 0 Å². The number of amides is 2. The van der Waals surface area contributed by atoms with Crippen LogP contribution in [0.15, 0.2) is 18.2 Å². The molecule has 4 rings (SSSR count). The van der Waals surface area contributed by atoms with Gasteiger partial charge in [-0.3, -0.25) is 14.5 Å². The van der Waals surface area contributed by atoms with Crippen LogP contribution in [0.4, 0.5) is 0 Å².